The number of aromatic nitrogens is 1. The van der Waals surface area contributed by atoms with Crippen molar-refractivity contribution >= 4 is 34.6 Å². The maximum atomic E-state index is 13.8. The summed E-state index contributed by atoms with van der Waals surface area (Å²) >= 11 is 7.48. The molecule has 0 radical (unpaired) electrons. The lowest BCUT2D eigenvalue weighted by Crippen LogP contribution is -2.34. The Labute approximate surface area is 195 Å². The van der Waals surface area contributed by atoms with E-state index in [2.05, 4.69) is 9.98 Å². The number of carbonyl (C=O) groups is 1. The number of thiazole rings is 1. The van der Waals surface area contributed by atoms with E-state index in [1.54, 1.807) is 12.2 Å². The van der Waals surface area contributed by atoms with Crippen LogP contribution in [0.4, 0.5) is 4.39 Å². The Morgan fingerprint density at radius 1 is 1.28 bits per heavy atom. The molecule has 0 unspecified atom stereocenters. The molecule has 1 aliphatic heterocycles. The topological polar surface area (TPSA) is 45.6 Å². The van der Waals surface area contributed by atoms with Crippen LogP contribution in [0, 0.1) is 12.8 Å². The number of hydrogen-bond acceptors (Lipinski definition) is 4. The Bertz CT molecular complexity index is 1190. The molecule has 0 atom stereocenters. The summed E-state index contributed by atoms with van der Waals surface area (Å²) in [5.74, 6) is 0.354. The lowest BCUT2D eigenvalue weighted by molar-refractivity contribution is 0.0755. The highest BCUT2D eigenvalue weighted by atomic mass is 35.5. The molecule has 1 aromatic heterocycles. The molecule has 0 saturated heterocycles. The van der Waals surface area contributed by atoms with Crippen molar-refractivity contribution in [2.75, 3.05) is 13.1 Å². The zero-order chi connectivity index (χ0) is 22.2. The number of nitrogens with zero attached hydrogens (tertiary/aromatic N) is 3. The highest BCUT2D eigenvalue weighted by Crippen LogP contribution is 2.35. The van der Waals surface area contributed by atoms with E-state index < -0.39 is 0 Å². The van der Waals surface area contributed by atoms with Gasteiger partial charge in [-0.3, -0.25) is 9.79 Å². The Morgan fingerprint density at radius 2 is 2.06 bits per heavy atom. The van der Waals surface area contributed by atoms with Gasteiger partial charge >= 0.3 is 0 Å². The molecule has 3 aliphatic rings. The van der Waals surface area contributed by atoms with Gasteiger partial charge in [0.1, 0.15) is 10.7 Å². The van der Waals surface area contributed by atoms with Crippen molar-refractivity contribution in [1.82, 2.24) is 9.88 Å². The molecule has 4 nitrogen and oxygen atoms in total. The van der Waals surface area contributed by atoms with E-state index in [4.69, 9.17) is 11.6 Å². The number of rotatable bonds is 7. The number of amides is 1. The maximum absolute atomic E-state index is 13.8. The zero-order valence-corrected chi connectivity index (χ0v) is 19.3. The fourth-order valence-electron chi connectivity index (χ4n) is 4.07. The average Bonchev–Trinajstić information content (AvgIpc) is 3.39. The van der Waals surface area contributed by atoms with Gasteiger partial charge in [0.15, 0.2) is 0 Å². The van der Waals surface area contributed by atoms with E-state index in [9.17, 15) is 9.18 Å². The molecular weight excluding hydrogens is 445 g/mol. The second-order valence-corrected chi connectivity index (χ2v) is 10.1. The van der Waals surface area contributed by atoms with Crippen molar-refractivity contribution in [1.29, 1.82) is 0 Å². The van der Waals surface area contributed by atoms with E-state index in [1.165, 1.54) is 11.3 Å². The number of halogens is 2. The van der Waals surface area contributed by atoms with Crippen LogP contribution in [0.1, 0.15) is 40.4 Å². The Balaban J connectivity index is 1.37. The average molecular weight is 468 g/mol. The minimum atomic E-state index is -0.217. The molecule has 7 heteroatoms. The molecule has 0 N–H and O–H groups in total. The SMILES string of the molecule is Cc1nc(-c2ccc(Cl)cc2)c(C(=O)N(CCC2=CN=C3CC=C(F)C=C23)CC2CC2)s1. The number of carbonyl (C=O) groups excluding carboxylic acids is 1. The Hall–Kier alpha value is -2.57. The van der Waals surface area contributed by atoms with Crippen LogP contribution >= 0.6 is 22.9 Å². The second-order valence-electron chi connectivity index (χ2n) is 8.44. The van der Waals surface area contributed by atoms with E-state index in [0.29, 0.717) is 40.9 Å². The van der Waals surface area contributed by atoms with E-state index in [0.717, 1.165) is 46.8 Å². The van der Waals surface area contributed by atoms with Crippen molar-refractivity contribution in [2.45, 2.75) is 32.6 Å². The van der Waals surface area contributed by atoms with Crippen LogP contribution in [0.2, 0.25) is 5.02 Å². The van der Waals surface area contributed by atoms with Crippen molar-refractivity contribution < 1.29 is 9.18 Å². The molecule has 1 aromatic carbocycles. The summed E-state index contributed by atoms with van der Waals surface area (Å²) in [7, 11) is 0. The van der Waals surface area contributed by atoms with Gasteiger partial charge in [0.05, 0.1) is 16.4 Å². The number of hydrogen-bond donors (Lipinski definition) is 0. The van der Waals surface area contributed by atoms with Crippen LogP contribution < -0.4 is 0 Å². The quantitative estimate of drug-likeness (QED) is 0.464. The van der Waals surface area contributed by atoms with Crippen molar-refractivity contribution in [3.63, 3.8) is 0 Å². The fourth-order valence-corrected chi connectivity index (χ4v) is 5.11. The van der Waals surface area contributed by atoms with Crippen LogP contribution in [0.5, 0.6) is 0 Å². The molecule has 2 aliphatic carbocycles. The van der Waals surface area contributed by atoms with Gasteiger partial charge in [-0.05, 0) is 62.0 Å². The number of benzene rings is 1. The lowest BCUT2D eigenvalue weighted by atomic mass is 9.95. The predicted molar refractivity (Wildman–Crippen MR) is 128 cm³/mol. The van der Waals surface area contributed by atoms with E-state index >= 15 is 0 Å². The highest BCUT2D eigenvalue weighted by molar-refractivity contribution is 7.14. The van der Waals surface area contributed by atoms with Crippen molar-refractivity contribution in [3.8, 4) is 11.3 Å². The van der Waals surface area contributed by atoms with Crippen LogP contribution in [-0.4, -0.2) is 34.6 Å². The van der Waals surface area contributed by atoms with Gasteiger partial charge in [0.25, 0.3) is 5.91 Å². The van der Waals surface area contributed by atoms with Crippen LogP contribution in [0.15, 0.2) is 64.6 Å². The zero-order valence-electron chi connectivity index (χ0n) is 17.8. The van der Waals surface area contributed by atoms with Gasteiger partial charge in [-0.2, -0.15) is 0 Å². The van der Waals surface area contributed by atoms with Gasteiger partial charge in [-0.25, -0.2) is 9.37 Å². The van der Waals surface area contributed by atoms with Gasteiger partial charge in [-0.15, -0.1) is 11.3 Å². The molecule has 164 valence electrons. The Kier molecular flexibility index (Phi) is 5.82. The predicted octanol–water partition coefficient (Wildman–Crippen LogP) is 6.54. The van der Waals surface area contributed by atoms with Gasteiger partial charge in [0.2, 0.25) is 0 Å². The molecule has 1 amide bonds. The number of fused-ring (bicyclic) bond motifs is 1. The largest absolute Gasteiger partial charge is 0.337 e. The summed E-state index contributed by atoms with van der Waals surface area (Å²) in [6.45, 7) is 3.24. The molecular formula is C25H23ClFN3OS. The molecule has 32 heavy (non-hydrogen) atoms. The normalized spacial score (nSPS) is 17.3. The molecule has 1 fully saturated rings. The molecule has 0 spiro atoms. The molecule has 5 rings (SSSR count). The number of allylic oxidation sites excluding steroid dienone is 4. The third-order valence-corrected chi connectivity index (χ3v) is 7.18. The van der Waals surface area contributed by atoms with Gasteiger partial charge in [-0.1, -0.05) is 23.7 Å². The maximum Gasteiger partial charge on any atom is 0.266 e. The van der Waals surface area contributed by atoms with Crippen LogP contribution in [0.25, 0.3) is 11.3 Å². The summed E-state index contributed by atoms with van der Waals surface area (Å²) in [5, 5.41) is 1.51. The summed E-state index contributed by atoms with van der Waals surface area (Å²) in [6.07, 6.45) is 8.42. The first-order valence-electron chi connectivity index (χ1n) is 10.8. The highest BCUT2D eigenvalue weighted by Gasteiger charge is 2.30. The minimum absolute atomic E-state index is 0.0101. The van der Waals surface area contributed by atoms with E-state index in [1.807, 2.05) is 42.3 Å². The van der Waals surface area contributed by atoms with Crippen molar-refractivity contribution in [2.24, 2.45) is 10.9 Å². The molecule has 2 aromatic rings. The first-order valence-corrected chi connectivity index (χ1v) is 12.0. The molecule has 1 saturated carbocycles. The first kappa shape index (κ1) is 21.3. The van der Waals surface area contributed by atoms with E-state index in [-0.39, 0.29) is 11.7 Å². The molecule has 2 heterocycles. The van der Waals surface area contributed by atoms with Crippen LogP contribution in [-0.2, 0) is 0 Å². The summed E-state index contributed by atoms with van der Waals surface area (Å²) < 4.78 is 13.8. The third-order valence-electron chi connectivity index (χ3n) is 5.97. The first-order chi connectivity index (χ1) is 15.5. The van der Waals surface area contributed by atoms with Crippen molar-refractivity contribution in [3.05, 3.63) is 74.5 Å². The molecule has 0 bridgehead atoms. The smallest absolute Gasteiger partial charge is 0.266 e. The Morgan fingerprint density at radius 3 is 2.81 bits per heavy atom. The van der Waals surface area contributed by atoms with Gasteiger partial charge in [0, 0.05) is 41.9 Å². The summed E-state index contributed by atoms with van der Waals surface area (Å²) in [6, 6.07) is 7.44. The standard InChI is InChI=1S/C25H23ClFN3OS/c1-15-29-23(17-4-6-19(26)7-5-17)24(32-15)25(31)30(14-16-2-3-16)11-10-18-13-28-22-9-8-20(27)12-21(18)22/h4-8,12-13,16H,2-3,9-11,14H2,1H3. The fraction of sp³-hybridized carbons (Fsp3) is 0.320. The summed E-state index contributed by atoms with van der Waals surface area (Å²) in [5.41, 5.74) is 4.38. The van der Waals surface area contributed by atoms with Gasteiger partial charge < -0.3 is 4.90 Å². The minimum Gasteiger partial charge on any atom is -0.337 e. The third kappa shape index (κ3) is 4.48. The number of aryl methyl sites for hydroxylation is 1. The second kappa shape index (κ2) is 8.75. The monoisotopic (exact) mass is 467 g/mol. The summed E-state index contributed by atoms with van der Waals surface area (Å²) in [4.78, 5) is 25.4. The lowest BCUT2D eigenvalue weighted by Gasteiger charge is -2.23. The van der Waals surface area contributed by atoms with Crippen LogP contribution in [0.3, 0.4) is 0 Å². The number of aliphatic imine (C=N–C) groups is 1.